The molecule has 0 spiro atoms. The summed E-state index contributed by atoms with van der Waals surface area (Å²) in [7, 11) is 1.80. The van der Waals surface area contributed by atoms with E-state index in [4.69, 9.17) is 0 Å². The monoisotopic (exact) mass is 254 g/mol. The van der Waals surface area contributed by atoms with Crippen LogP contribution in [0.25, 0.3) is 22.3 Å². The Kier molecular flexibility index (Phi) is 2.89. The topological polar surface area (TPSA) is 73.6 Å². The van der Waals surface area contributed by atoms with Crippen molar-refractivity contribution in [3.8, 4) is 11.4 Å². The van der Waals surface area contributed by atoms with Crippen molar-refractivity contribution in [3.63, 3.8) is 0 Å². The number of benzene rings is 1. The summed E-state index contributed by atoms with van der Waals surface area (Å²) < 4.78 is 0. The van der Waals surface area contributed by atoms with Crippen molar-refractivity contribution in [2.45, 2.75) is 6.54 Å². The second-order valence-corrected chi connectivity index (χ2v) is 4.36. The molecule has 0 amide bonds. The van der Waals surface area contributed by atoms with E-state index in [0.29, 0.717) is 17.9 Å². The Bertz CT molecular complexity index is 772. The average Bonchev–Trinajstić information content (AvgIpc) is 2.85. The van der Waals surface area contributed by atoms with Crippen LogP contribution in [0, 0.1) is 0 Å². The summed E-state index contributed by atoms with van der Waals surface area (Å²) >= 11 is 0. The molecule has 19 heavy (non-hydrogen) atoms. The molecule has 0 saturated carbocycles. The fourth-order valence-corrected chi connectivity index (χ4v) is 2.14. The summed E-state index contributed by atoms with van der Waals surface area (Å²) in [5.41, 5.74) is 2.46. The van der Waals surface area contributed by atoms with Crippen LogP contribution in [0.4, 0.5) is 0 Å². The van der Waals surface area contributed by atoms with Crippen LogP contribution in [0.3, 0.4) is 0 Å². The second kappa shape index (κ2) is 4.70. The molecule has 0 atom stereocenters. The number of aromatic nitrogens is 3. The molecule has 2 heterocycles. The number of hydrogen-bond acceptors (Lipinski definition) is 3. The van der Waals surface area contributed by atoms with Crippen molar-refractivity contribution < 1.29 is 0 Å². The van der Waals surface area contributed by atoms with E-state index in [2.05, 4.69) is 20.3 Å². The van der Waals surface area contributed by atoms with Gasteiger partial charge in [-0.05, 0) is 13.1 Å². The van der Waals surface area contributed by atoms with Gasteiger partial charge in [0.1, 0.15) is 5.82 Å². The van der Waals surface area contributed by atoms with Crippen LogP contribution in [0.2, 0.25) is 0 Å². The van der Waals surface area contributed by atoms with E-state index < -0.39 is 0 Å². The zero-order chi connectivity index (χ0) is 13.2. The molecule has 5 nitrogen and oxygen atoms in total. The van der Waals surface area contributed by atoms with E-state index in [9.17, 15) is 4.79 Å². The quantitative estimate of drug-likeness (QED) is 0.665. The van der Waals surface area contributed by atoms with Gasteiger partial charge in [0.25, 0.3) is 5.56 Å². The highest BCUT2D eigenvalue weighted by atomic mass is 16.1. The molecule has 0 fully saturated rings. The van der Waals surface area contributed by atoms with Crippen molar-refractivity contribution in [1.29, 1.82) is 0 Å². The minimum absolute atomic E-state index is 0.107. The van der Waals surface area contributed by atoms with Gasteiger partial charge in [0.15, 0.2) is 0 Å². The standard InChI is InChI=1S/C14H14N4O/c1-15-6-9-7-17-13(18-14(9)19)11-8-16-12-5-3-2-4-10(11)12/h2-5,7-8,15-16H,6H2,1H3,(H,17,18,19). The first-order valence-corrected chi connectivity index (χ1v) is 6.09. The molecule has 0 aliphatic rings. The Hall–Kier alpha value is -2.40. The Labute approximate surface area is 109 Å². The van der Waals surface area contributed by atoms with Crippen LogP contribution in [0.5, 0.6) is 0 Å². The van der Waals surface area contributed by atoms with Crippen molar-refractivity contribution in [2.75, 3.05) is 7.05 Å². The van der Waals surface area contributed by atoms with Gasteiger partial charge in [-0.1, -0.05) is 18.2 Å². The van der Waals surface area contributed by atoms with Crippen molar-refractivity contribution in [2.24, 2.45) is 0 Å². The zero-order valence-electron chi connectivity index (χ0n) is 10.5. The molecule has 0 saturated heterocycles. The maximum absolute atomic E-state index is 11.9. The van der Waals surface area contributed by atoms with Gasteiger partial charge in [0.2, 0.25) is 0 Å². The van der Waals surface area contributed by atoms with Crippen molar-refractivity contribution in [1.82, 2.24) is 20.3 Å². The molecule has 3 aromatic rings. The van der Waals surface area contributed by atoms with Crippen LogP contribution in [-0.4, -0.2) is 22.0 Å². The van der Waals surface area contributed by atoms with E-state index in [1.807, 2.05) is 30.5 Å². The summed E-state index contributed by atoms with van der Waals surface area (Å²) in [6.07, 6.45) is 3.48. The first kappa shape index (κ1) is 11.7. The summed E-state index contributed by atoms with van der Waals surface area (Å²) in [6, 6.07) is 7.93. The third kappa shape index (κ3) is 2.04. The maximum Gasteiger partial charge on any atom is 0.255 e. The van der Waals surface area contributed by atoms with E-state index in [-0.39, 0.29) is 5.56 Å². The average molecular weight is 254 g/mol. The lowest BCUT2D eigenvalue weighted by Crippen LogP contribution is -2.19. The lowest BCUT2D eigenvalue weighted by Gasteiger charge is -2.02. The smallest absolute Gasteiger partial charge is 0.255 e. The minimum Gasteiger partial charge on any atom is -0.360 e. The highest BCUT2D eigenvalue weighted by molar-refractivity contribution is 5.93. The minimum atomic E-state index is -0.107. The molecule has 0 bridgehead atoms. The largest absolute Gasteiger partial charge is 0.360 e. The third-order valence-corrected chi connectivity index (χ3v) is 3.08. The van der Waals surface area contributed by atoms with Gasteiger partial charge in [-0.15, -0.1) is 0 Å². The molecule has 0 unspecified atom stereocenters. The van der Waals surface area contributed by atoms with Crippen LogP contribution in [-0.2, 0) is 6.54 Å². The Morgan fingerprint density at radius 3 is 2.95 bits per heavy atom. The van der Waals surface area contributed by atoms with Gasteiger partial charge in [0.05, 0.1) is 0 Å². The van der Waals surface area contributed by atoms with Crippen LogP contribution in [0.15, 0.2) is 41.5 Å². The molecule has 5 heteroatoms. The molecule has 0 aliphatic carbocycles. The normalized spacial score (nSPS) is 11.0. The number of rotatable bonds is 3. The van der Waals surface area contributed by atoms with Gasteiger partial charge >= 0.3 is 0 Å². The molecule has 1 aromatic carbocycles. The number of hydrogen-bond donors (Lipinski definition) is 3. The fraction of sp³-hybridized carbons (Fsp3) is 0.143. The summed E-state index contributed by atoms with van der Waals surface area (Å²) in [6.45, 7) is 0.510. The van der Waals surface area contributed by atoms with Gasteiger partial charge in [-0.3, -0.25) is 4.79 Å². The van der Waals surface area contributed by atoms with Crippen molar-refractivity contribution in [3.05, 3.63) is 52.6 Å². The predicted molar refractivity (Wildman–Crippen MR) is 74.9 cm³/mol. The van der Waals surface area contributed by atoms with Crippen LogP contribution < -0.4 is 10.9 Å². The highest BCUT2D eigenvalue weighted by Crippen LogP contribution is 2.24. The first-order valence-electron chi connectivity index (χ1n) is 6.09. The summed E-state index contributed by atoms with van der Waals surface area (Å²) in [5.74, 6) is 0.585. The Balaban J connectivity index is 2.12. The van der Waals surface area contributed by atoms with Crippen LogP contribution in [0.1, 0.15) is 5.56 Å². The summed E-state index contributed by atoms with van der Waals surface area (Å²) in [5, 5.41) is 3.99. The Morgan fingerprint density at radius 2 is 2.16 bits per heavy atom. The molecular formula is C14H14N4O. The SMILES string of the molecule is CNCc1cnc(-c2c[nH]c3ccccc23)[nH]c1=O. The van der Waals surface area contributed by atoms with Gasteiger partial charge < -0.3 is 15.3 Å². The lowest BCUT2D eigenvalue weighted by atomic mass is 10.1. The van der Waals surface area contributed by atoms with E-state index >= 15 is 0 Å². The first-order chi connectivity index (χ1) is 9.29. The van der Waals surface area contributed by atoms with E-state index in [0.717, 1.165) is 16.5 Å². The lowest BCUT2D eigenvalue weighted by molar-refractivity contribution is 0.798. The summed E-state index contributed by atoms with van der Waals surface area (Å²) in [4.78, 5) is 22.3. The molecule has 96 valence electrons. The maximum atomic E-state index is 11.9. The predicted octanol–water partition coefficient (Wildman–Crippen LogP) is 1.64. The number of para-hydroxylation sites is 1. The highest BCUT2D eigenvalue weighted by Gasteiger charge is 2.09. The molecular weight excluding hydrogens is 240 g/mol. The van der Waals surface area contributed by atoms with Crippen LogP contribution >= 0.6 is 0 Å². The van der Waals surface area contributed by atoms with Gasteiger partial charge in [-0.2, -0.15) is 0 Å². The number of H-pyrrole nitrogens is 2. The van der Waals surface area contributed by atoms with Crippen molar-refractivity contribution >= 4 is 10.9 Å². The Morgan fingerprint density at radius 1 is 1.32 bits per heavy atom. The third-order valence-electron chi connectivity index (χ3n) is 3.08. The molecule has 2 aromatic heterocycles. The zero-order valence-corrected chi connectivity index (χ0v) is 10.5. The molecule has 3 rings (SSSR count). The van der Waals surface area contributed by atoms with Gasteiger partial charge in [-0.25, -0.2) is 4.98 Å². The van der Waals surface area contributed by atoms with E-state index in [1.54, 1.807) is 13.2 Å². The second-order valence-electron chi connectivity index (χ2n) is 4.36. The fourth-order valence-electron chi connectivity index (χ4n) is 2.14. The number of aromatic amines is 2. The molecule has 3 N–H and O–H groups in total. The number of nitrogens with one attached hydrogen (secondary N) is 3. The molecule has 0 radical (unpaired) electrons. The number of nitrogens with zero attached hydrogens (tertiary/aromatic N) is 1. The van der Waals surface area contributed by atoms with E-state index in [1.165, 1.54) is 0 Å². The van der Waals surface area contributed by atoms with Gasteiger partial charge in [0, 0.05) is 41.0 Å². The molecule has 0 aliphatic heterocycles. The number of fused-ring (bicyclic) bond motifs is 1.